The number of hydrogen-bond donors (Lipinski definition) is 0. The van der Waals surface area contributed by atoms with Gasteiger partial charge in [-0.3, -0.25) is 0 Å². The normalized spacial score (nSPS) is 14.3. The van der Waals surface area contributed by atoms with Crippen molar-refractivity contribution in [2.24, 2.45) is 0 Å². The molecular weight excluding hydrogens is 553 g/mol. The average Bonchev–Trinajstić information content (AvgIpc) is 3.66. The molecule has 9 rings (SSSR count). The molecule has 0 saturated heterocycles. The fraction of sp³-hybridized carbons (Fsp3) is 0.0435. The van der Waals surface area contributed by atoms with E-state index in [0.717, 1.165) is 0 Å². The molecule has 0 amide bonds. The van der Waals surface area contributed by atoms with E-state index in [1.54, 1.807) is 0 Å². The van der Waals surface area contributed by atoms with Crippen LogP contribution in [0.4, 0.5) is 0 Å². The Morgan fingerprint density at radius 3 is 1.98 bits per heavy atom. The van der Waals surface area contributed by atoms with Crippen molar-refractivity contribution in [3.05, 3.63) is 218 Å². The van der Waals surface area contributed by atoms with Crippen LogP contribution in [0, 0.1) is 10.4 Å². The second-order valence-corrected chi connectivity index (χ2v) is 12.5. The minimum atomic E-state index is 0.133. The second-order valence-electron chi connectivity index (χ2n) is 12.5. The van der Waals surface area contributed by atoms with Gasteiger partial charge in [-0.2, -0.15) is 0 Å². The van der Waals surface area contributed by atoms with E-state index in [-0.39, 0.29) is 5.92 Å². The standard InChI is InChI=1S/C46H32/c1-30-27-42-38(36-24-23-31-13-8-9-18-34(31)28-36)21-12-22-40(42)44(30)46-41(26-25-39-37-20-11-10-19-35(37)29-43(39)46)45(32-14-4-2-5-15-32)33-16-6-3-7-17-33/h2-29,44H,1H3. The highest BCUT2D eigenvalue weighted by atomic mass is 14.3. The van der Waals surface area contributed by atoms with Crippen molar-refractivity contribution in [3.63, 3.8) is 0 Å². The van der Waals surface area contributed by atoms with Gasteiger partial charge in [-0.1, -0.05) is 163 Å². The van der Waals surface area contributed by atoms with Crippen LogP contribution < -0.4 is 10.4 Å². The topological polar surface area (TPSA) is 0 Å². The molecule has 7 aromatic carbocycles. The zero-order chi connectivity index (χ0) is 30.6. The molecule has 0 aromatic heterocycles. The summed E-state index contributed by atoms with van der Waals surface area (Å²) >= 11 is 0. The van der Waals surface area contributed by atoms with E-state index < -0.39 is 0 Å². The number of hydrogen-bond acceptors (Lipinski definition) is 0. The van der Waals surface area contributed by atoms with Crippen LogP contribution in [-0.4, -0.2) is 0 Å². The minimum absolute atomic E-state index is 0.133. The Labute approximate surface area is 269 Å². The summed E-state index contributed by atoms with van der Waals surface area (Å²) in [5, 5.41) is 7.77. The van der Waals surface area contributed by atoms with Crippen LogP contribution in [0.15, 0.2) is 163 Å². The fourth-order valence-corrected chi connectivity index (χ4v) is 7.81. The summed E-state index contributed by atoms with van der Waals surface area (Å²) in [4.78, 5) is 0. The molecule has 0 fully saturated rings. The third kappa shape index (κ3) is 4.22. The predicted octanol–water partition coefficient (Wildman–Crippen LogP) is 9.73. The number of fused-ring (bicyclic) bond motifs is 4. The number of allylic oxidation sites excluding steroid dienone is 1. The maximum atomic E-state index is 2.44. The molecule has 0 saturated carbocycles. The molecule has 1 unspecified atom stereocenters. The van der Waals surface area contributed by atoms with Gasteiger partial charge in [0.25, 0.3) is 0 Å². The fourth-order valence-electron chi connectivity index (χ4n) is 7.81. The highest BCUT2D eigenvalue weighted by molar-refractivity contribution is 5.91. The van der Waals surface area contributed by atoms with Crippen LogP contribution >= 0.6 is 0 Å². The van der Waals surface area contributed by atoms with Crippen molar-refractivity contribution in [3.8, 4) is 11.1 Å². The van der Waals surface area contributed by atoms with Gasteiger partial charge in [-0.15, -0.1) is 0 Å². The summed E-state index contributed by atoms with van der Waals surface area (Å²) in [6.45, 7) is 2.32. The molecule has 216 valence electrons. The first-order chi connectivity index (χ1) is 22.7. The van der Waals surface area contributed by atoms with Crippen LogP contribution in [0.3, 0.4) is 0 Å². The molecule has 2 aliphatic carbocycles. The van der Waals surface area contributed by atoms with E-state index in [1.807, 2.05) is 0 Å². The van der Waals surface area contributed by atoms with Crippen LogP contribution in [0.25, 0.3) is 39.6 Å². The highest BCUT2D eigenvalue weighted by Crippen LogP contribution is 2.45. The van der Waals surface area contributed by atoms with E-state index in [9.17, 15) is 0 Å². The van der Waals surface area contributed by atoms with Gasteiger partial charge in [-0.25, -0.2) is 0 Å². The third-order valence-electron chi connectivity index (χ3n) is 9.86. The molecule has 0 bridgehead atoms. The van der Waals surface area contributed by atoms with E-state index >= 15 is 0 Å². The lowest BCUT2D eigenvalue weighted by Gasteiger charge is -2.22. The average molecular weight is 585 g/mol. The third-order valence-corrected chi connectivity index (χ3v) is 9.86. The Bertz CT molecular complexity index is 2530. The van der Waals surface area contributed by atoms with Crippen molar-refractivity contribution in [1.29, 1.82) is 0 Å². The summed E-state index contributed by atoms with van der Waals surface area (Å²) in [5.74, 6) is 0.133. The molecule has 0 N–H and O–H groups in total. The second kappa shape index (κ2) is 10.7. The Kier molecular flexibility index (Phi) is 6.21. The van der Waals surface area contributed by atoms with E-state index in [0.29, 0.717) is 0 Å². The van der Waals surface area contributed by atoms with Gasteiger partial charge in [0.05, 0.1) is 0 Å². The summed E-state index contributed by atoms with van der Waals surface area (Å²) < 4.78 is 0. The zero-order valence-electron chi connectivity index (χ0n) is 25.7. The zero-order valence-corrected chi connectivity index (χ0v) is 25.7. The van der Waals surface area contributed by atoms with Crippen LogP contribution in [0.5, 0.6) is 0 Å². The molecule has 0 heteroatoms. The van der Waals surface area contributed by atoms with E-state index in [1.165, 1.54) is 87.3 Å². The van der Waals surface area contributed by atoms with Gasteiger partial charge in [0.2, 0.25) is 0 Å². The van der Waals surface area contributed by atoms with Gasteiger partial charge < -0.3 is 0 Å². The largest absolute Gasteiger partial charge is 0.0622 e. The van der Waals surface area contributed by atoms with Crippen molar-refractivity contribution in [1.82, 2.24) is 0 Å². The molecule has 0 radical (unpaired) electrons. The first-order valence-electron chi connectivity index (χ1n) is 16.1. The summed E-state index contributed by atoms with van der Waals surface area (Å²) in [6.07, 6.45) is 4.87. The number of benzene rings is 7. The van der Waals surface area contributed by atoms with Crippen molar-refractivity contribution in [2.75, 3.05) is 0 Å². The Hall–Kier alpha value is -5.72. The molecule has 1 atom stereocenters. The van der Waals surface area contributed by atoms with Crippen LogP contribution in [0.1, 0.15) is 46.2 Å². The molecule has 0 heterocycles. The Balaban J connectivity index is 1.37. The minimum Gasteiger partial charge on any atom is -0.0622 e. The molecule has 0 nitrogen and oxygen atoms in total. The van der Waals surface area contributed by atoms with Crippen LogP contribution in [0.2, 0.25) is 0 Å². The molecule has 0 aliphatic heterocycles. The lowest BCUT2D eigenvalue weighted by atomic mass is 9.81. The van der Waals surface area contributed by atoms with E-state index in [4.69, 9.17) is 0 Å². The lowest BCUT2D eigenvalue weighted by Crippen LogP contribution is -2.21. The first-order valence-corrected chi connectivity index (χ1v) is 16.1. The Morgan fingerprint density at radius 1 is 0.500 bits per heavy atom. The van der Waals surface area contributed by atoms with Gasteiger partial charge in [0, 0.05) is 5.92 Å². The van der Waals surface area contributed by atoms with Gasteiger partial charge >= 0.3 is 0 Å². The van der Waals surface area contributed by atoms with Gasteiger partial charge in [-0.05, 0) is 101 Å². The number of rotatable bonds is 4. The van der Waals surface area contributed by atoms with Crippen molar-refractivity contribution < 1.29 is 0 Å². The maximum absolute atomic E-state index is 2.44. The quantitative estimate of drug-likeness (QED) is 0.193. The smallest absolute Gasteiger partial charge is 0.0318 e. The molecule has 7 aromatic rings. The monoisotopic (exact) mass is 584 g/mol. The van der Waals surface area contributed by atoms with Crippen molar-refractivity contribution >= 4 is 28.5 Å². The molecule has 46 heavy (non-hydrogen) atoms. The summed E-state index contributed by atoms with van der Waals surface area (Å²) in [7, 11) is 0. The lowest BCUT2D eigenvalue weighted by molar-refractivity contribution is 0.959. The summed E-state index contributed by atoms with van der Waals surface area (Å²) in [6, 6.07) is 57.8. The maximum Gasteiger partial charge on any atom is 0.0318 e. The van der Waals surface area contributed by atoms with E-state index in [2.05, 4.69) is 177 Å². The van der Waals surface area contributed by atoms with Gasteiger partial charge in [0.1, 0.15) is 0 Å². The highest BCUT2D eigenvalue weighted by Gasteiger charge is 2.30. The van der Waals surface area contributed by atoms with Gasteiger partial charge in [0.15, 0.2) is 0 Å². The molecular formula is C46H32. The van der Waals surface area contributed by atoms with Crippen LogP contribution in [-0.2, 0) is 0 Å². The van der Waals surface area contributed by atoms with Crippen molar-refractivity contribution in [2.45, 2.75) is 12.8 Å². The SMILES string of the molecule is CC1=Cc2c(-c3ccc4ccccc4c3)cccc2C1c1c2c(ccc1=C(c1ccccc1)c1ccccc1)=c1ccccc1=C2. The summed E-state index contributed by atoms with van der Waals surface area (Å²) in [5.41, 5.74) is 13.1. The predicted molar refractivity (Wildman–Crippen MR) is 193 cm³/mol. The Morgan fingerprint density at radius 2 is 1.20 bits per heavy atom. The first kappa shape index (κ1) is 26.7. The molecule has 2 aliphatic rings. The molecule has 0 spiro atoms.